The topological polar surface area (TPSA) is 95.9 Å². The number of rotatable bonds is 6. The van der Waals surface area contributed by atoms with Gasteiger partial charge in [0.1, 0.15) is 0 Å². The molecule has 3 atom stereocenters. The van der Waals surface area contributed by atoms with Crippen molar-refractivity contribution in [3.05, 3.63) is 65.7 Å². The van der Waals surface area contributed by atoms with E-state index < -0.39 is 22.2 Å². The van der Waals surface area contributed by atoms with Crippen LogP contribution in [-0.2, 0) is 32.5 Å². The molecule has 1 saturated heterocycles. The molecule has 2 aliphatic rings. The molecule has 8 heteroatoms. The first kappa shape index (κ1) is 22.0. The van der Waals surface area contributed by atoms with Crippen molar-refractivity contribution in [3.8, 4) is 0 Å². The van der Waals surface area contributed by atoms with Gasteiger partial charge in [-0.1, -0.05) is 42.5 Å². The second-order valence-corrected chi connectivity index (χ2v) is 9.85. The molecule has 31 heavy (non-hydrogen) atoms. The SMILES string of the molecule is O=C(C[C@H]1CC[C@H](NS(=O)(=O)c2ccccc2)[C@@H](CO)O1)N1CCc2ccccc2C1. The molecule has 2 N–H and O–H groups in total. The molecule has 2 aliphatic heterocycles. The van der Waals surface area contributed by atoms with E-state index in [9.17, 15) is 18.3 Å². The van der Waals surface area contributed by atoms with E-state index in [0.29, 0.717) is 25.9 Å². The summed E-state index contributed by atoms with van der Waals surface area (Å²) < 4.78 is 33.8. The monoisotopic (exact) mass is 444 g/mol. The van der Waals surface area contributed by atoms with Crippen LogP contribution in [0.5, 0.6) is 0 Å². The molecule has 1 amide bonds. The Labute approximate surface area is 183 Å². The van der Waals surface area contributed by atoms with Crippen LogP contribution in [0.15, 0.2) is 59.5 Å². The van der Waals surface area contributed by atoms with Gasteiger partial charge in [0.2, 0.25) is 15.9 Å². The van der Waals surface area contributed by atoms with Crippen LogP contribution in [0.1, 0.15) is 30.4 Å². The lowest BCUT2D eigenvalue weighted by atomic mass is 9.96. The molecule has 2 aromatic rings. The highest BCUT2D eigenvalue weighted by Gasteiger charge is 2.35. The van der Waals surface area contributed by atoms with Crippen molar-refractivity contribution in [2.75, 3.05) is 13.2 Å². The average Bonchev–Trinajstić information content (AvgIpc) is 2.80. The van der Waals surface area contributed by atoms with E-state index in [1.54, 1.807) is 18.2 Å². The second kappa shape index (κ2) is 9.48. The summed E-state index contributed by atoms with van der Waals surface area (Å²) in [7, 11) is -3.71. The number of nitrogens with zero attached hydrogens (tertiary/aromatic N) is 1. The van der Waals surface area contributed by atoms with Crippen molar-refractivity contribution >= 4 is 15.9 Å². The fraction of sp³-hybridized carbons (Fsp3) is 0.435. The molecule has 0 saturated carbocycles. The van der Waals surface area contributed by atoms with Gasteiger partial charge < -0.3 is 14.7 Å². The highest BCUT2D eigenvalue weighted by atomic mass is 32.2. The fourth-order valence-corrected chi connectivity index (χ4v) is 5.64. The van der Waals surface area contributed by atoms with Crippen molar-refractivity contribution in [1.82, 2.24) is 9.62 Å². The second-order valence-electron chi connectivity index (χ2n) is 8.14. The molecule has 2 aromatic carbocycles. The minimum Gasteiger partial charge on any atom is -0.394 e. The molecule has 4 rings (SSSR count). The summed E-state index contributed by atoms with van der Waals surface area (Å²) in [6.07, 6.45) is 1.10. The number of carbonyl (C=O) groups excluding carboxylic acids is 1. The summed E-state index contributed by atoms with van der Waals surface area (Å²) >= 11 is 0. The highest BCUT2D eigenvalue weighted by molar-refractivity contribution is 7.89. The number of amides is 1. The van der Waals surface area contributed by atoms with Crippen molar-refractivity contribution < 1.29 is 23.1 Å². The fourth-order valence-electron chi connectivity index (χ4n) is 4.32. The van der Waals surface area contributed by atoms with Gasteiger partial charge in [0.25, 0.3) is 0 Å². The Balaban J connectivity index is 1.34. The number of aliphatic hydroxyl groups is 1. The third-order valence-corrected chi connectivity index (χ3v) is 7.55. The number of hydrogen-bond donors (Lipinski definition) is 2. The van der Waals surface area contributed by atoms with Gasteiger partial charge >= 0.3 is 0 Å². The maximum absolute atomic E-state index is 12.8. The lowest BCUT2D eigenvalue weighted by Gasteiger charge is -2.37. The van der Waals surface area contributed by atoms with Crippen molar-refractivity contribution in [2.24, 2.45) is 0 Å². The maximum atomic E-state index is 12.8. The predicted molar refractivity (Wildman–Crippen MR) is 116 cm³/mol. The quantitative estimate of drug-likeness (QED) is 0.709. The Bertz CT molecular complexity index is 1010. The molecule has 0 spiro atoms. The lowest BCUT2D eigenvalue weighted by Crippen LogP contribution is -2.51. The molecule has 0 bridgehead atoms. The zero-order valence-electron chi connectivity index (χ0n) is 17.3. The maximum Gasteiger partial charge on any atom is 0.240 e. The van der Waals surface area contributed by atoms with E-state index in [4.69, 9.17) is 4.74 Å². The van der Waals surface area contributed by atoms with Gasteiger partial charge in [-0.05, 0) is 42.5 Å². The summed E-state index contributed by atoms with van der Waals surface area (Å²) in [5, 5.41) is 9.78. The summed E-state index contributed by atoms with van der Waals surface area (Å²) in [5.41, 5.74) is 2.46. The van der Waals surface area contributed by atoms with Crippen LogP contribution in [-0.4, -0.2) is 55.7 Å². The summed E-state index contributed by atoms with van der Waals surface area (Å²) in [5.74, 6) is 0.0273. The Kier molecular flexibility index (Phi) is 6.71. The molecular weight excluding hydrogens is 416 g/mol. The first-order chi connectivity index (χ1) is 15.0. The Morgan fingerprint density at radius 3 is 2.52 bits per heavy atom. The van der Waals surface area contributed by atoms with Crippen LogP contribution in [0.2, 0.25) is 0 Å². The van der Waals surface area contributed by atoms with Crippen LogP contribution in [0.3, 0.4) is 0 Å². The first-order valence-electron chi connectivity index (χ1n) is 10.6. The molecular formula is C23H28N2O5S. The number of fused-ring (bicyclic) bond motifs is 1. The standard InChI is InChI=1S/C23H28N2O5S/c26-16-22-21(24-31(28,29)20-8-2-1-3-9-20)11-10-19(30-22)14-23(27)25-13-12-17-6-4-5-7-18(17)15-25/h1-9,19,21-22,24,26H,10-16H2/t19-,21+,22-/m1/s1. The number of nitrogens with one attached hydrogen (secondary N) is 1. The van der Waals surface area contributed by atoms with E-state index >= 15 is 0 Å². The van der Waals surface area contributed by atoms with E-state index in [-0.39, 0.29) is 29.9 Å². The van der Waals surface area contributed by atoms with Crippen LogP contribution >= 0.6 is 0 Å². The third-order valence-electron chi connectivity index (χ3n) is 6.04. The summed E-state index contributed by atoms with van der Waals surface area (Å²) in [6.45, 7) is 0.972. The summed E-state index contributed by atoms with van der Waals surface area (Å²) in [4.78, 5) is 14.9. The first-order valence-corrected chi connectivity index (χ1v) is 12.1. The normalized spacial score (nSPS) is 23.9. The van der Waals surface area contributed by atoms with E-state index in [0.717, 1.165) is 6.42 Å². The van der Waals surface area contributed by atoms with Gasteiger partial charge in [-0.3, -0.25) is 4.79 Å². The van der Waals surface area contributed by atoms with Gasteiger partial charge in [-0.15, -0.1) is 0 Å². The molecule has 0 radical (unpaired) electrons. The van der Waals surface area contributed by atoms with Gasteiger partial charge in [-0.2, -0.15) is 0 Å². The molecule has 7 nitrogen and oxygen atoms in total. The minimum absolute atomic E-state index is 0.0273. The number of benzene rings is 2. The van der Waals surface area contributed by atoms with Crippen LogP contribution < -0.4 is 4.72 Å². The lowest BCUT2D eigenvalue weighted by molar-refractivity contribution is -0.140. The number of carbonyl (C=O) groups is 1. The minimum atomic E-state index is -3.71. The average molecular weight is 445 g/mol. The highest BCUT2D eigenvalue weighted by Crippen LogP contribution is 2.25. The van der Waals surface area contributed by atoms with Crippen LogP contribution in [0.4, 0.5) is 0 Å². The van der Waals surface area contributed by atoms with Gasteiger partial charge in [0, 0.05) is 13.1 Å². The Hall–Kier alpha value is -2.26. The van der Waals surface area contributed by atoms with Gasteiger partial charge in [0.15, 0.2) is 0 Å². The van der Waals surface area contributed by atoms with Crippen LogP contribution in [0, 0.1) is 0 Å². The van der Waals surface area contributed by atoms with Crippen molar-refractivity contribution in [2.45, 2.75) is 55.4 Å². The van der Waals surface area contributed by atoms with E-state index in [2.05, 4.69) is 16.9 Å². The molecule has 166 valence electrons. The van der Waals surface area contributed by atoms with Crippen molar-refractivity contribution in [1.29, 1.82) is 0 Å². The third kappa shape index (κ3) is 5.15. The zero-order chi connectivity index (χ0) is 21.8. The molecule has 0 aromatic heterocycles. The number of aliphatic hydroxyl groups excluding tert-OH is 1. The van der Waals surface area contributed by atoms with Gasteiger partial charge in [-0.25, -0.2) is 13.1 Å². The smallest absolute Gasteiger partial charge is 0.240 e. The summed E-state index contributed by atoms with van der Waals surface area (Å²) in [6, 6.07) is 15.7. The number of sulfonamides is 1. The molecule has 0 aliphatic carbocycles. The molecule has 0 unspecified atom stereocenters. The van der Waals surface area contributed by atoms with Gasteiger partial charge in [0.05, 0.1) is 36.2 Å². The predicted octanol–water partition coefficient (Wildman–Crippen LogP) is 1.85. The number of hydrogen-bond acceptors (Lipinski definition) is 5. The van der Waals surface area contributed by atoms with E-state index in [1.807, 2.05) is 17.0 Å². The van der Waals surface area contributed by atoms with Crippen molar-refractivity contribution in [3.63, 3.8) is 0 Å². The molecule has 2 heterocycles. The Morgan fingerprint density at radius 2 is 1.77 bits per heavy atom. The zero-order valence-corrected chi connectivity index (χ0v) is 18.1. The van der Waals surface area contributed by atoms with Crippen LogP contribution in [0.25, 0.3) is 0 Å². The largest absolute Gasteiger partial charge is 0.394 e. The molecule has 1 fully saturated rings. The number of ether oxygens (including phenoxy) is 1. The van der Waals surface area contributed by atoms with E-state index in [1.165, 1.54) is 23.3 Å². The Morgan fingerprint density at radius 1 is 1.06 bits per heavy atom.